The van der Waals surface area contributed by atoms with Gasteiger partial charge in [0.05, 0.1) is 28.2 Å². The first kappa shape index (κ1) is 32.4. The van der Waals surface area contributed by atoms with Gasteiger partial charge < -0.3 is 19.2 Å². The van der Waals surface area contributed by atoms with Crippen molar-refractivity contribution in [3.05, 3.63) is 58.0 Å². The van der Waals surface area contributed by atoms with Crippen LogP contribution in [0, 0.1) is 12.8 Å². The Hall–Kier alpha value is -2.53. The van der Waals surface area contributed by atoms with E-state index >= 15 is 0 Å². The van der Waals surface area contributed by atoms with Gasteiger partial charge in [0, 0.05) is 19.0 Å². The number of rotatable bonds is 9. The average molecular weight is 631 g/mol. The molecule has 0 radical (unpaired) electrons. The number of nitrogens with one attached hydrogen (secondary N) is 1. The van der Waals surface area contributed by atoms with Crippen LogP contribution in [0.1, 0.15) is 76.9 Å². The molecule has 0 bridgehead atoms. The molecule has 8 nitrogen and oxygen atoms in total. The minimum absolute atomic E-state index is 0.00406. The predicted octanol–water partition coefficient (Wildman–Crippen LogP) is 7.37. The van der Waals surface area contributed by atoms with Crippen LogP contribution < -0.4 is 5.32 Å². The topological polar surface area (TPSA) is 97.6 Å². The van der Waals surface area contributed by atoms with E-state index in [2.05, 4.69) is 49.3 Å². The minimum atomic E-state index is -2.14. The maximum absolute atomic E-state index is 14.2. The Labute approximate surface area is 259 Å². The molecule has 1 aliphatic rings. The van der Waals surface area contributed by atoms with Crippen LogP contribution in [-0.2, 0) is 14.0 Å². The Kier molecular flexibility index (Phi) is 9.71. The number of hydrogen-bond donors (Lipinski definition) is 1. The predicted molar refractivity (Wildman–Crippen MR) is 170 cm³/mol. The summed E-state index contributed by atoms with van der Waals surface area (Å²) in [5.41, 5.74) is 4.37. The van der Waals surface area contributed by atoms with Crippen LogP contribution >= 0.6 is 22.9 Å². The van der Waals surface area contributed by atoms with E-state index in [1.807, 2.05) is 58.0 Å². The number of thiazole rings is 1. The summed E-state index contributed by atoms with van der Waals surface area (Å²) < 4.78 is 12.3. The lowest BCUT2D eigenvalue weighted by Gasteiger charge is -2.38. The molecule has 1 saturated heterocycles. The summed E-state index contributed by atoms with van der Waals surface area (Å²) in [7, 11) is -2.14. The summed E-state index contributed by atoms with van der Waals surface area (Å²) >= 11 is 7.70. The molecule has 0 saturated carbocycles. The monoisotopic (exact) mass is 630 g/mol. The van der Waals surface area contributed by atoms with Crippen LogP contribution in [0.5, 0.6) is 0 Å². The van der Waals surface area contributed by atoms with Gasteiger partial charge in [-0.2, -0.15) is 0 Å². The fraction of sp³-hybridized carbons (Fsp3) is 0.548. The fourth-order valence-electron chi connectivity index (χ4n) is 5.15. The van der Waals surface area contributed by atoms with Gasteiger partial charge >= 0.3 is 0 Å². The number of aryl methyl sites for hydroxylation is 1. The normalized spacial score (nSPS) is 19.3. The first-order valence-electron chi connectivity index (χ1n) is 14.5. The van der Waals surface area contributed by atoms with Gasteiger partial charge in [-0.1, -0.05) is 75.6 Å². The van der Waals surface area contributed by atoms with E-state index in [9.17, 15) is 9.59 Å². The van der Waals surface area contributed by atoms with Gasteiger partial charge in [0.2, 0.25) is 11.8 Å². The summed E-state index contributed by atoms with van der Waals surface area (Å²) in [6, 6.07) is 8.82. The molecule has 42 heavy (non-hydrogen) atoms. The standard InChI is InChI=1S/C31H43ClN4O4SSi/c1-18(2)26(25-14-19(3)35-39-25)30(38)36-16-23(40-42(8,9)31(5,6)7)15-24(36)29(37)34-20(4)21-10-12-22(13-11-21)27-28(32)33-17-41-27/h10-14,17-18,20,23-24,26H,15-16H2,1-9H3,(H,34,37)/t20-,23+,24-,26?/m0/s1. The number of carbonyl (C=O) groups is 2. The molecular weight excluding hydrogens is 588 g/mol. The molecule has 3 aromatic rings. The molecule has 1 fully saturated rings. The summed E-state index contributed by atoms with van der Waals surface area (Å²) in [6.45, 7) is 19.1. The fourth-order valence-corrected chi connectivity index (χ4v) is 7.54. The zero-order valence-corrected chi connectivity index (χ0v) is 28.6. The van der Waals surface area contributed by atoms with E-state index in [0.29, 0.717) is 23.9 Å². The van der Waals surface area contributed by atoms with Gasteiger partial charge in [-0.05, 0) is 49.0 Å². The molecular formula is C31H43ClN4O4SSi. The Bertz CT molecular complexity index is 1400. The van der Waals surface area contributed by atoms with Crippen molar-refractivity contribution in [3.8, 4) is 10.4 Å². The van der Waals surface area contributed by atoms with Crippen molar-refractivity contribution in [3.63, 3.8) is 0 Å². The molecule has 228 valence electrons. The van der Waals surface area contributed by atoms with E-state index in [1.165, 1.54) is 11.3 Å². The smallest absolute Gasteiger partial charge is 0.243 e. The Morgan fingerprint density at radius 3 is 2.38 bits per heavy atom. The van der Waals surface area contributed by atoms with E-state index in [-0.39, 0.29) is 34.9 Å². The molecule has 1 N–H and O–H groups in total. The number of benzene rings is 1. The first-order chi connectivity index (χ1) is 19.6. The lowest BCUT2D eigenvalue weighted by Crippen LogP contribution is -2.48. The third kappa shape index (κ3) is 6.98. The van der Waals surface area contributed by atoms with E-state index in [1.54, 1.807) is 10.4 Å². The molecule has 0 spiro atoms. The third-order valence-corrected chi connectivity index (χ3v) is 14.4. The van der Waals surface area contributed by atoms with Gasteiger partial charge in [-0.15, -0.1) is 11.3 Å². The number of halogens is 1. The molecule has 3 heterocycles. The highest BCUT2D eigenvalue weighted by molar-refractivity contribution is 7.13. The molecule has 4 atom stereocenters. The molecule has 11 heteroatoms. The Morgan fingerprint density at radius 1 is 1.19 bits per heavy atom. The lowest BCUT2D eigenvalue weighted by molar-refractivity contribution is -0.141. The van der Waals surface area contributed by atoms with Crippen molar-refractivity contribution in [2.75, 3.05) is 6.54 Å². The minimum Gasteiger partial charge on any atom is -0.412 e. The number of carbonyl (C=O) groups excluding carboxylic acids is 2. The summed E-state index contributed by atoms with van der Waals surface area (Å²) in [6.07, 6.45) is 0.216. The summed E-state index contributed by atoms with van der Waals surface area (Å²) in [5, 5.41) is 7.67. The van der Waals surface area contributed by atoms with E-state index in [0.717, 1.165) is 21.7 Å². The van der Waals surface area contributed by atoms with Crippen molar-refractivity contribution in [1.82, 2.24) is 20.4 Å². The second kappa shape index (κ2) is 12.6. The van der Waals surface area contributed by atoms with Crippen molar-refractivity contribution in [2.24, 2.45) is 5.92 Å². The van der Waals surface area contributed by atoms with Gasteiger partial charge in [0.15, 0.2) is 8.32 Å². The summed E-state index contributed by atoms with van der Waals surface area (Å²) in [5.74, 6) is -0.394. The third-order valence-electron chi connectivity index (χ3n) is 8.56. The average Bonchev–Trinajstić information content (AvgIpc) is 3.63. The first-order valence-corrected chi connectivity index (χ1v) is 18.7. The molecule has 1 aromatic carbocycles. The number of amides is 2. The van der Waals surface area contributed by atoms with Crippen LogP contribution in [0.2, 0.25) is 23.3 Å². The van der Waals surface area contributed by atoms with E-state index < -0.39 is 20.3 Å². The maximum atomic E-state index is 14.2. The Morgan fingerprint density at radius 2 is 1.86 bits per heavy atom. The summed E-state index contributed by atoms with van der Waals surface area (Å²) in [4.78, 5) is 34.8. The van der Waals surface area contributed by atoms with Crippen LogP contribution in [0.25, 0.3) is 10.4 Å². The van der Waals surface area contributed by atoms with Crippen LogP contribution in [0.3, 0.4) is 0 Å². The second-order valence-electron chi connectivity index (χ2n) is 13.2. The molecule has 2 aromatic heterocycles. The maximum Gasteiger partial charge on any atom is 0.243 e. The number of likely N-dealkylation sites (tertiary alicyclic amines) is 1. The van der Waals surface area contributed by atoms with Crippen LogP contribution in [-0.4, -0.2) is 53.9 Å². The number of hydrogen-bond acceptors (Lipinski definition) is 7. The van der Waals surface area contributed by atoms with Crippen molar-refractivity contribution in [1.29, 1.82) is 0 Å². The molecule has 2 amide bonds. The molecule has 1 aliphatic heterocycles. The SMILES string of the molecule is Cc1cc(C(C(=O)N2C[C@H](O[Si](C)(C)C(C)(C)C)C[C@H]2C(=O)N[C@@H](C)c2ccc(-c3scnc3Cl)cc2)C(C)C)on1. The van der Waals surface area contributed by atoms with Crippen molar-refractivity contribution >= 4 is 43.1 Å². The van der Waals surface area contributed by atoms with Crippen molar-refractivity contribution in [2.45, 2.75) is 97.1 Å². The highest BCUT2D eigenvalue weighted by Crippen LogP contribution is 2.40. The highest BCUT2D eigenvalue weighted by Gasteiger charge is 2.47. The zero-order chi connectivity index (χ0) is 31.0. The zero-order valence-electron chi connectivity index (χ0n) is 26.0. The highest BCUT2D eigenvalue weighted by atomic mass is 35.5. The van der Waals surface area contributed by atoms with Gasteiger partial charge in [-0.25, -0.2) is 4.98 Å². The largest absolute Gasteiger partial charge is 0.412 e. The van der Waals surface area contributed by atoms with Crippen molar-refractivity contribution < 1.29 is 18.5 Å². The molecule has 0 aliphatic carbocycles. The van der Waals surface area contributed by atoms with Gasteiger partial charge in [-0.3, -0.25) is 9.59 Å². The molecule has 4 rings (SSSR count). The lowest BCUT2D eigenvalue weighted by atomic mass is 9.91. The quantitative estimate of drug-likeness (QED) is 0.248. The van der Waals surface area contributed by atoms with Crippen LogP contribution in [0.4, 0.5) is 0 Å². The van der Waals surface area contributed by atoms with Crippen LogP contribution in [0.15, 0.2) is 40.4 Å². The van der Waals surface area contributed by atoms with E-state index in [4.69, 9.17) is 20.6 Å². The number of aromatic nitrogens is 2. The van der Waals surface area contributed by atoms with Gasteiger partial charge in [0.1, 0.15) is 22.9 Å². The Balaban J connectivity index is 1.56. The van der Waals surface area contributed by atoms with Gasteiger partial charge in [0.25, 0.3) is 0 Å². The number of nitrogens with zero attached hydrogens (tertiary/aromatic N) is 3. The second-order valence-corrected chi connectivity index (χ2v) is 19.1. The molecule has 1 unspecified atom stereocenters.